The summed E-state index contributed by atoms with van der Waals surface area (Å²) in [7, 11) is 2.29. The summed E-state index contributed by atoms with van der Waals surface area (Å²) in [4.78, 5) is 13.2. The molecule has 0 radical (unpaired) electrons. The van der Waals surface area contributed by atoms with Crippen LogP contribution in [0.15, 0.2) is 60.7 Å². The molecule has 25 heavy (non-hydrogen) atoms. The van der Waals surface area contributed by atoms with E-state index in [9.17, 15) is 4.79 Å². The average molecular weight is 336 g/mol. The smallest absolute Gasteiger partial charge is 0.318 e. The molecule has 2 bridgehead atoms. The first-order valence-electron chi connectivity index (χ1n) is 9.29. The van der Waals surface area contributed by atoms with E-state index in [-0.39, 0.29) is 18.0 Å². The predicted molar refractivity (Wildman–Crippen MR) is 98.1 cm³/mol. The van der Waals surface area contributed by atoms with Crippen LogP contribution in [-0.4, -0.2) is 43.2 Å². The number of fused-ring (bicyclic) bond motifs is 3. The Morgan fingerprint density at radius 2 is 1.48 bits per heavy atom. The topological polar surface area (TPSA) is 26.3 Å². The Labute approximate surface area is 149 Å². The first-order chi connectivity index (χ1) is 12.1. The van der Waals surface area contributed by atoms with Gasteiger partial charge < -0.3 is 9.22 Å². The molecule has 0 aromatic heterocycles. The summed E-state index contributed by atoms with van der Waals surface area (Å²) in [5, 5.41) is 0. The van der Waals surface area contributed by atoms with E-state index in [1.807, 2.05) is 60.7 Å². The van der Waals surface area contributed by atoms with Crippen molar-refractivity contribution in [1.29, 1.82) is 0 Å². The van der Waals surface area contributed by atoms with E-state index in [0.29, 0.717) is 5.92 Å². The Kier molecular flexibility index (Phi) is 4.34. The highest BCUT2D eigenvalue weighted by molar-refractivity contribution is 5.82. The number of piperidine rings is 3. The minimum Gasteiger partial charge on any atom is -0.455 e. The van der Waals surface area contributed by atoms with Gasteiger partial charge in [-0.1, -0.05) is 60.7 Å². The number of ether oxygens (including phenoxy) is 1. The Morgan fingerprint density at radius 1 is 0.960 bits per heavy atom. The van der Waals surface area contributed by atoms with E-state index in [2.05, 4.69) is 7.05 Å². The predicted octanol–water partition coefficient (Wildman–Crippen LogP) is 3.60. The lowest BCUT2D eigenvalue weighted by Gasteiger charge is -2.49. The van der Waals surface area contributed by atoms with Crippen LogP contribution in [0.3, 0.4) is 0 Å². The minimum absolute atomic E-state index is 0.0647. The largest absolute Gasteiger partial charge is 0.455 e. The molecule has 2 aromatic carbocycles. The van der Waals surface area contributed by atoms with E-state index in [0.717, 1.165) is 22.2 Å². The van der Waals surface area contributed by atoms with Gasteiger partial charge in [0, 0.05) is 18.8 Å². The second-order valence-electron chi connectivity index (χ2n) is 7.82. The average Bonchev–Trinajstić information content (AvgIpc) is 2.64. The van der Waals surface area contributed by atoms with E-state index < -0.39 is 0 Å². The first kappa shape index (κ1) is 16.3. The molecule has 0 aliphatic carbocycles. The molecular formula is C22H26NO2+. The highest BCUT2D eigenvalue weighted by atomic mass is 16.5. The highest BCUT2D eigenvalue weighted by Crippen LogP contribution is 2.35. The van der Waals surface area contributed by atoms with Gasteiger partial charge in [0.15, 0.2) is 6.10 Å². The second kappa shape index (κ2) is 6.64. The molecule has 2 aromatic rings. The van der Waals surface area contributed by atoms with Crippen molar-refractivity contribution in [2.45, 2.75) is 24.9 Å². The van der Waals surface area contributed by atoms with Crippen LogP contribution < -0.4 is 0 Å². The van der Waals surface area contributed by atoms with Gasteiger partial charge in [0.25, 0.3) is 0 Å². The number of likely N-dealkylation sites (N-methyl/N-ethyl adjacent to an activating group) is 1. The molecular weight excluding hydrogens is 310 g/mol. The van der Waals surface area contributed by atoms with Gasteiger partial charge in [0.05, 0.1) is 20.1 Å². The van der Waals surface area contributed by atoms with Gasteiger partial charge in [-0.2, -0.15) is 0 Å². The Hall–Kier alpha value is -2.13. The number of esters is 1. The van der Waals surface area contributed by atoms with Gasteiger partial charge >= 0.3 is 5.97 Å². The number of hydrogen-bond donors (Lipinski definition) is 0. The van der Waals surface area contributed by atoms with Crippen molar-refractivity contribution in [1.82, 2.24) is 0 Å². The lowest BCUT2D eigenvalue weighted by molar-refractivity contribution is -0.928. The van der Waals surface area contributed by atoms with Crippen molar-refractivity contribution >= 4 is 5.97 Å². The molecule has 130 valence electrons. The summed E-state index contributed by atoms with van der Waals surface area (Å²) in [5.74, 6) is 0.0852. The third-order valence-corrected chi connectivity index (χ3v) is 5.99. The lowest BCUT2D eigenvalue weighted by Crippen LogP contribution is -2.62. The van der Waals surface area contributed by atoms with Crippen molar-refractivity contribution in [2.24, 2.45) is 5.92 Å². The van der Waals surface area contributed by atoms with Crippen LogP contribution in [0.1, 0.15) is 29.9 Å². The van der Waals surface area contributed by atoms with Crippen molar-refractivity contribution < 1.29 is 14.0 Å². The van der Waals surface area contributed by atoms with E-state index in [1.165, 1.54) is 25.9 Å². The Morgan fingerprint density at radius 3 is 1.96 bits per heavy atom. The summed E-state index contributed by atoms with van der Waals surface area (Å²) in [6.07, 6.45) is 2.42. The summed E-state index contributed by atoms with van der Waals surface area (Å²) < 4.78 is 7.16. The number of nitrogens with zero attached hydrogens (tertiary/aromatic N) is 1. The standard InChI is InChI=1S/C22H26NO2/c1-23-14-12-17(13-15-23)20(16-23)25-22(24)21(18-8-4-2-5-9-18)19-10-6-3-7-11-19/h2-11,17,20-21H,12-16H2,1H3/q+1. The van der Waals surface area contributed by atoms with E-state index in [4.69, 9.17) is 4.74 Å². The van der Waals surface area contributed by atoms with Gasteiger partial charge in [-0.3, -0.25) is 4.79 Å². The maximum Gasteiger partial charge on any atom is 0.318 e. The molecule has 3 heterocycles. The number of hydrogen-bond acceptors (Lipinski definition) is 2. The first-order valence-corrected chi connectivity index (χ1v) is 9.29. The van der Waals surface area contributed by atoms with E-state index >= 15 is 0 Å². The molecule has 3 saturated heterocycles. The van der Waals surface area contributed by atoms with Crippen LogP contribution in [0.2, 0.25) is 0 Å². The number of carbonyl (C=O) groups is 1. The third kappa shape index (κ3) is 3.34. The second-order valence-corrected chi connectivity index (χ2v) is 7.82. The zero-order valence-electron chi connectivity index (χ0n) is 14.8. The van der Waals surface area contributed by atoms with Crippen molar-refractivity contribution in [2.75, 3.05) is 26.7 Å². The fraction of sp³-hybridized carbons (Fsp3) is 0.409. The minimum atomic E-state index is -0.344. The molecule has 3 heteroatoms. The molecule has 5 rings (SSSR count). The number of benzene rings is 2. The Bertz CT molecular complexity index is 681. The van der Waals surface area contributed by atoms with Crippen LogP contribution in [0.4, 0.5) is 0 Å². The third-order valence-electron chi connectivity index (χ3n) is 5.99. The zero-order chi connectivity index (χ0) is 17.3. The molecule has 1 unspecified atom stereocenters. The van der Waals surface area contributed by atoms with Crippen molar-refractivity contribution in [3.8, 4) is 0 Å². The molecule has 1 atom stereocenters. The van der Waals surface area contributed by atoms with Gasteiger partial charge in [0.2, 0.25) is 0 Å². The maximum absolute atomic E-state index is 13.2. The van der Waals surface area contributed by atoms with Crippen LogP contribution >= 0.6 is 0 Å². The normalized spacial score (nSPS) is 28.1. The molecule has 0 amide bonds. The number of rotatable bonds is 4. The summed E-state index contributed by atoms with van der Waals surface area (Å²) in [6.45, 7) is 3.41. The summed E-state index contributed by atoms with van der Waals surface area (Å²) >= 11 is 0. The van der Waals surface area contributed by atoms with Gasteiger partial charge in [-0.15, -0.1) is 0 Å². The van der Waals surface area contributed by atoms with Crippen LogP contribution in [0.5, 0.6) is 0 Å². The van der Waals surface area contributed by atoms with Gasteiger partial charge in [0.1, 0.15) is 12.5 Å². The fourth-order valence-corrected chi connectivity index (χ4v) is 4.46. The molecule has 0 saturated carbocycles. The van der Waals surface area contributed by atoms with Crippen LogP contribution in [-0.2, 0) is 9.53 Å². The van der Waals surface area contributed by atoms with E-state index in [1.54, 1.807) is 0 Å². The Balaban J connectivity index is 1.59. The lowest BCUT2D eigenvalue weighted by atomic mass is 9.83. The monoisotopic (exact) mass is 336 g/mol. The molecule has 3 nitrogen and oxygen atoms in total. The number of quaternary nitrogens is 1. The molecule has 0 spiro atoms. The number of carbonyl (C=O) groups excluding carboxylic acids is 1. The van der Waals surface area contributed by atoms with Gasteiger partial charge in [-0.25, -0.2) is 0 Å². The highest BCUT2D eigenvalue weighted by Gasteiger charge is 2.45. The maximum atomic E-state index is 13.2. The van der Waals surface area contributed by atoms with Crippen LogP contribution in [0.25, 0.3) is 0 Å². The van der Waals surface area contributed by atoms with Crippen molar-refractivity contribution in [3.05, 3.63) is 71.8 Å². The van der Waals surface area contributed by atoms with Gasteiger partial charge in [-0.05, 0) is 11.1 Å². The molecule has 0 N–H and O–H groups in total. The fourth-order valence-electron chi connectivity index (χ4n) is 4.46. The molecule has 3 aliphatic heterocycles. The SMILES string of the molecule is C[N+]12CCC(CC1)C(OC(=O)C(c1ccccc1)c1ccccc1)C2. The molecule has 3 aliphatic rings. The summed E-state index contributed by atoms with van der Waals surface area (Å²) in [6, 6.07) is 20.0. The zero-order valence-corrected chi connectivity index (χ0v) is 14.8. The van der Waals surface area contributed by atoms with Crippen molar-refractivity contribution in [3.63, 3.8) is 0 Å². The quantitative estimate of drug-likeness (QED) is 0.630. The molecule has 3 fully saturated rings. The summed E-state index contributed by atoms with van der Waals surface area (Å²) in [5.41, 5.74) is 2.00. The van der Waals surface area contributed by atoms with Crippen LogP contribution in [0, 0.1) is 5.92 Å².